The first-order valence-electron chi connectivity index (χ1n) is 6.67. The van der Waals surface area contributed by atoms with E-state index in [4.69, 9.17) is 0 Å². The van der Waals surface area contributed by atoms with Crippen LogP contribution in [0.15, 0.2) is 18.2 Å². The van der Waals surface area contributed by atoms with Gasteiger partial charge in [-0.1, -0.05) is 30.7 Å². The number of aryl methyl sites for hydroxylation is 2. The second kappa shape index (κ2) is 9.82. The molecule has 0 heterocycles. The van der Waals surface area contributed by atoms with E-state index in [2.05, 4.69) is 42.7 Å². The van der Waals surface area contributed by atoms with Crippen molar-refractivity contribution in [2.24, 2.45) is 0 Å². The van der Waals surface area contributed by atoms with E-state index in [-0.39, 0.29) is 18.3 Å². The Bertz CT molecular complexity index is 394. The summed E-state index contributed by atoms with van der Waals surface area (Å²) in [4.78, 5) is 11.8. The quantitative estimate of drug-likeness (QED) is 0.755. The number of carbonyl (C=O) groups is 1. The van der Waals surface area contributed by atoms with Crippen molar-refractivity contribution in [3.63, 3.8) is 0 Å². The largest absolute Gasteiger partial charge is 0.355 e. The van der Waals surface area contributed by atoms with Gasteiger partial charge in [0.25, 0.3) is 0 Å². The molecule has 2 N–H and O–H groups in total. The van der Waals surface area contributed by atoms with Crippen molar-refractivity contribution in [1.29, 1.82) is 0 Å². The Morgan fingerprint density at radius 2 is 1.89 bits per heavy atom. The summed E-state index contributed by atoms with van der Waals surface area (Å²) in [5.41, 5.74) is 3.50. The zero-order valence-electron chi connectivity index (χ0n) is 12.1. The van der Waals surface area contributed by atoms with E-state index >= 15 is 0 Å². The second-order valence-electron chi connectivity index (χ2n) is 4.71. The van der Waals surface area contributed by atoms with Crippen molar-refractivity contribution >= 4 is 18.3 Å². The first-order chi connectivity index (χ1) is 8.63. The summed E-state index contributed by atoms with van der Waals surface area (Å²) in [7, 11) is 0. The summed E-state index contributed by atoms with van der Waals surface area (Å²) in [5.74, 6) is 0.0991. The fourth-order valence-corrected chi connectivity index (χ4v) is 1.82. The van der Waals surface area contributed by atoms with Gasteiger partial charge in [0.1, 0.15) is 0 Å². The van der Waals surface area contributed by atoms with Gasteiger partial charge < -0.3 is 10.6 Å². The highest BCUT2D eigenvalue weighted by molar-refractivity contribution is 5.85. The highest BCUT2D eigenvalue weighted by Crippen LogP contribution is 2.11. The van der Waals surface area contributed by atoms with E-state index in [0.29, 0.717) is 13.0 Å². The van der Waals surface area contributed by atoms with Gasteiger partial charge in [0, 0.05) is 13.1 Å². The summed E-state index contributed by atoms with van der Waals surface area (Å²) in [6, 6.07) is 6.23. The fraction of sp³-hybridized carbons (Fsp3) is 0.533. The first kappa shape index (κ1) is 17.9. The Kier molecular flexibility index (Phi) is 9.27. The molecule has 0 aliphatic rings. The average Bonchev–Trinajstić information content (AvgIpc) is 2.33. The van der Waals surface area contributed by atoms with Crippen molar-refractivity contribution in [3.8, 4) is 0 Å². The Morgan fingerprint density at radius 3 is 2.58 bits per heavy atom. The lowest BCUT2D eigenvalue weighted by atomic mass is 10.0. The molecule has 0 aliphatic heterocycles. The van der Waals surface area contributed by atoms with Gasteiger partial charge in [-0.2, -0.15) is 0 Å². The van der Waals surface area contributed by atoms with Crippen LogP contribution in [0.25, 0.3) is 0 Å². The maximum atomic E-state index is 11.8. The molecule has 4 heteroatoms. The highest BCUT2D eigenvalue weighted by Gasteiger charge is 2.05. The molecule has 0 aromatic heterocycles. The van der Waals surface area contributed by atoms with Gasteiger partial charge in [-0.25, -0.2) is 0 Å². The summed E-state index contributed by atoms with van der Waals surface area (Å²) >= 11 is 0. The molecule has 1 rings (SSSR count). The predicted octanol–water partition coefficient (Wildman–Crippen LogP) is 2.38. The Morgan fingerprint density at radius 1 is 1.16 bits per heavy atom. The maximum Gasteiger partial charge on any atom is 0.224 e. The van der Waals surface area contributed by atoms with Crippen LogP contribution in [0.3, 0.4) is 0 Å². The van der Waals surface area contributed by atoms with Gasteiger partial charge >= 0.3 is 0 Å². The number of hydrogen-bond donors (Lipinski definition) is 2. The molecule has 0 bridgehead atoms. The number of amides is 1. The normalized spacial score (nSPS) is 9.84. The molecule has 0 saturated carbocycles. The summed E-state index contributed by atoms with van der Waals surface area (Å²) in [6.07, 6.45) is 1.59. The standard InChI is InChI=1S/C15H24N2O.ClH/c1-4-7-16-8-9-17-15(18)11-14-10-12(2)5-6-13(14)3;/h5-6,10,16H,4,7-9,11H2,1-3H3,(H,17,18);1H. The molecule has 0 fully saturated rings. The molecule has 19 heavy (non-hydrogen) atoms. The Balaban J connectivity index is 0.00000324. The van der Waals surface area contributed by atoms with Gasteiger partial charge in [0.15, 0.2) is 0 Å². The molecular weight excluding hydrogens is 260 g/mol. The second-order valence-corrected chi connectivity index (χ2v) is 4.71. The van der Waals surface area contributed by atoms with Crippen LogP contribution in [-0.4, -0.2) is 25.5 Å². The minimum Gasteiger partial charge on any atom is -0.355 e. The van der Waals surface area contributed by atoms with Gasteiger partial charge in [-0.3, -0.25) is 4.79 Å². The van der Waals surface area contributed by atoms with E-state index in [1.165, 1.54) is 11.1 Å². The summed E-state index contributed by atoms with van der Waals surface area (Å²) < 4.78 is 0. The Hall–Kier alpha value is -1.06. The van der Waals surface area contributed by atoms with Gasteiger partial charge in [-0.15, -0.1) is 12.4 Å². The number of hydrogen-bond acceptors (Lipinski definition) is 2. The molecule has 0 atom stereocenters. The predicted molar refractivity (Wildman–Crippen MR) is 83.0 cm³/mol. The molecule has 1 aromatic rings. The molecule has 1 aromatic carbocycles. The number of benzene rings is 1. The van der Waals surface area contributed by atoms with Crippen LogP contribution in [0.2, 0.25) is 0 Å². The molecule has 1 amide bonds. The van der Waals surface area contributed by atoms with Crippen LogP contribution in [0.5, 0.6) is 0 Å². The van der Waals surface area contributed by atoms with E-state index < -0.39 is 0 Å². The van der Waals surface area contributed by atoms with Crippen molar-refractivity contribution in [3.05, 3.63) is 34.9 Å². The summed E-state index contributed by atoms with van der Waals surface area (Å²) in [6.45, 7) is 8.77. The topological polar surface area (TPSA) is 41.1 Å². The number of halogens is 1. The average molecular weight is 285 g/mol. The van der Waals surface area contributed by atoms with Crippen molar-refractivity contribution in [2.45, 2.75) is 33.6 Å². The van der Waals surface area contributed by atoms with Crippen molar-refractivity contribution in [2.75, 3.05) is 19.6 Å². The van der Waals surface area contributed by atoms with E-state index in [9.17, 15) is 4.79 Å². The maximum absolute atomic E-state index is 11.8. The minimum atomic E-state index is 0. The third-order valence-electron chi connectivity index (χ3n) is 2.91. The lowest BCUT2D eigenvalue weighted by Crippen LogP contribution is -2.33. The highest BCUT2D eigenvalue weighted by atomic mass is 35.5. The van der Waals surface area contributed by atoms with Crippen molar-refractivity contribution < 1.29 is 4.79 Å². The SMILES string of the molecule is CCCNCCNC(=O)Cc1cc(C)ccc1C.Cl. The first-order valence-corrected chi connectivity index (χ1v) is 6.67. The lowest BCUT2D eigenvalue weighted by molar-refractivity contribution is -0.120. The van der Waals surface area contributed by atoms with Crippen LogP contribution in [0.1, 0.15) is 30.0 Å². The lowest BCUT2D eigenvalue weighted by Gasteiger charge is -2.08. The van der Waals surface area contributed by atoms with Gasteiger partial charge in [-0.05, 0) is 37.9 Å². The third kappa shape index (κ3) is 7.19. The molecule has 0 saturated heterocycles. The van der Waals surface area contributed by atoms with E-state index in [1.54, 1.807) is 0 Å². The number of rotatable bonds is 7. The van der Waals surface area contributed by atoms with Crippen LogP contribution in [-0.2, 0) is 11.2 Å². The molecule has 0 spiro atoms. The number of nitrogens with one attached hydrogen (secondary N) is 2. The molecule has 0 radical (unpaired) electrons. The van der Waals surface area contributed by atoms with Crippen LogP contribution < -0.4 is 10.6 Å². The van der Waals surface area contributed by atoms with E-state index in [1.807, 2.05) is 6.92 Å². The zero-order valence-corrected chi connectivity index (χ0v) is 12.9. The molecule has 0 unspecified atom stereocenters. The number of carbonyl (C=O) groups excluding carboxylic acids is 1. The molecule has 0 aliphatic carbocycles. The van der Waals surface area contributed by atoms with Crippen LogP contribution in [0, 0.1) is 13.8 Å². The molecule has 108 valence electrons. The summed E-state index contributed by atoms with van der Waals surface area (Å²) in [5, 5.41) is 6.20. The molecule has 3 nitrogen and oxygen atoms in total. The van der Waals surface area contributed by atoms with Gasteiger partial charge in [0.05, 0.1) is 6.42 Å². The smallest absolute Gasteiger partial charge is 0.224 e. The van der Waals surface area contributed by atoms with Crippen LogP contribution >= 0.6 is 12.4 Å². The van der Waals surface area contributed by atoms with E-state index in [0.717, 1.165) is 25.1 Å². The monoisotopic (exact) mass is 284 g/mol. The van der Waals surface area contributed by atoms with Crippen molar-refractivity contribution in [1.82, 2.24) is 10.6 Å². The third-order valence-corrected chi connectivity index (χ3v) is 2.91. The zero-order chi connectivity index (χ0) is 13.4. The van der Waals surface area contributed by atoms with Gasteiger partial charge in [0.2, 0.25) is 5.91 Å². The van der Waals surface area contributed by atoms with Crippen LogP contribution in [0.4, 0.5) is 0 Å². The fourth-order valence-electron chi connectivity index (χ4n) is 1.82. The Labute approximate surface area is 122 Å². The molecular formula is C15H25ClN2O. The minimum absolute atomic E-state index is 0.